The maximum Gasteiger partial charge on any atom is 0.524 e. The Kier molecular flexibility index (Phi) is 7.16. The molecular weight excluding hydrogens is 264 g/mol. The van der Waals surface area contributed by atoms with Crippen molar-refractivity contribution >= 4 is 18.1 Å². The molecule has 0 aromatic heterocycles. The Bertz CT molecular complexity index is 340. The summed E-state index contributed by atoms with van der Waals surface area (Å²) in [7, 11) is 0. The first kappa shape index (κ1) is 17.4. The van der Waals surface area contributed by atoms with Crippen LogP contribution in [0.3, 0.4) is 0 Å². The molecule has 0 saturated carbocycles. The number of carbonyl (C=O) groups is 3. The van der Waals surface area contributed by atoms with E-state index < -0.39 is 43.0 Å². The number of hydrogen-bond acceptors (Lipinski definition) is 9. The number of aliphatic hydroxyl groups is 4. The number of aliphatic hydroxyl groups excluding tert-OH is 3. The van der Waals surface area contributed by atoms with Crippen molar-refractivity contribution in [3.05, 3.63) is 0 Å². The van der Waals surface area contributed by atoms with Gasteiger partial charge in [0.2, 0.25) is 0 Å². The van der Waals surface area contributed by atoms with E-state index in [1.54, 1.807) is 6.92 Å². The Morgan fingerprint density at radius 2 is 1.79 bits per heavy atom. The van der Waals surface area contributed by atoms with Gasteiger partial charge in [-0.25, -0.2) is 14.4 Å². The molecule has 0 rings (SSSR count). The van der Waals surface area contributed by atoms with Crippen molar-refractivity contribution < 1.29 is 44.3 Å². The average molecular weight is 280 g/mol. The Balaban J connectivity index is 4.48. The summed E-state index contributed by atoms with van der Waals surface area (Å²) in [6, 6.07) is 0. The molecule has 2 unspecified atom stereocenters. The van der Waals surface area contributed by atoms with Gasteiger partial charge in [0.15, 0.2) is 11.7 Å². The molecule has 110 valence electrons. The van der Waals surface area contributed by atoms with Gasteiger partial charge in [-0.05, 0) is 6.42 Å². The van der Waals surface area contributed by atoms with Crippen molar-refractivity contribution in [2.75, 3.05) is 13.2 Å². The lowest BCUT2D eigenvalue weighted by atomic mass is 10.00. The molecule has 0 saturated heterocycles. The van der Waals surface area contributed by atoms with Crippen molar-refractivity contribution in [3.8, 4) is 0 Å². The first-order valence-corrected chi connectivity index (χ1v) is 5.40. The van der Waals surface area contributed by atoms with Crippen LogP contribution >= 0.6 is 0 Å². The lowest BCUT2D eigenvalue weighted by Gasteiger charge is -2.21. The first-order chi connectivity index (χ1) is 8.80. The minimum Gasteiger partial charge on any atom is -0.393 e. The smallest absolute Gasteiger partial charge is 0.393 e. The Labute approximate surface area is 108 Å². The summed E-state index contributed by atoms with van der Waals surface area (Å²) >= 11 is 0. The average Bonchev–Trinajstić information content (AvgIpc) is 2.37. The maximum absolute atomic E-state index is 11.4. The van der Waals surface area contributed by atoms with Crippen LogP contribution in [0.1, 0.15) is 19.8 Å². The number of carbonyl (C=O) groups excluding carboxylic acids is 3. The SMILES string of the molecule is CCCC(O)(CO)C(=O)OC(=O)OC(=O)C(O)CO. The second-order valence-electron chi connectivity index (χ2n) is 3.70. The standard InChI is InChI=1S/C10H16O9/c1-2-3-10(17,5-12)8(15)19-9(16)18-7(14)6(13)4-11/h6,11-13,17H,2-5H2,1H3. The van der Waals surface area contributed by atoms with Crippen molar-refractivity contribution in [2.24, 2.45) is 0 Å². The van der Waals surface area contributed by atoms with Crippen LogP contribution < -0.4 is 0 Å². The monoisotopic (exact) mass is 280 g/mol. The van der Waals surface area contributed by atoms with Gasteiger partial charge in [-0.15, -0.1) is 0 Å². The molecule has 0 spiro atoms. The van der Waals surface area contributed by atoms with E-state index >= 15 is 0 Å². The van der Waals surface area contributed by atoms with Crippen molar-refractivity contribution in [1.82, 2.24) is 0 Å². The Morgan fingerprint density at radius 1 is 1.21 bits per heavy atom. The quantitative estimate of drug-likeness (QED) is 0.322. The summed E-state index contributed by atoms with van der Waals surface area (Å²) in [5, 5.41) is 35.7. The van der Waals surface area contributed by atoms with Gasteiger partial charge in [-0.3, -0.25) is 0 Å². The van der Waals surface area contributed by atoms with Crippen LogP contribution in [0.2, 0.25) is 0 Å². The van der Waals surface area contributed by atoms with Crippen LogP contribution in [0.15, 0.2) is 0 Å². The number of hydrogen-bond donors (Lipinski definition) is 4. The largest absolute Gasteiger partial charge is 0.524 e. The molecule has 0 fully saturated rings. The third-order valence-corrected chi connectivity index (χ3v) is 2.11. The normalized spacial score (nSPS) is 15.2. The Hall–Kier alpha value is -1.55. The summed E-state index contributed by atoms with van der Waals surface area (Å²) in [6.45, 7) is -0.329. The molecule has 19 heavy (non-hydrogen) atoms. The van der Waals surface area contributed by atoms with Gasteiger partial charge in [0.05, 0.1) is 13.2 Å². The minimum atomic E-state index is -2.27. The van der Waals surface area contributed by atoms with Crippen molar-refractivity contribution in [2.45, 2.75) is 31.5 Å². The topological polar surface area (TPSA) is 151 Å². The van der Waals surface area contributed by atoms with Gasteiger partial charge in [0.1, 0.15) is 0 Å². The molecule has 4 N–H and O–H groups in total. The molecule has 0 aliphatic rings. The first-order valence-electron chi connectivity index (χ1n) is 5.40. The van der Waals surface area contributed by atoms with E-state index in [1.165, 1.54) is 0 Å². The van der Waals surface area contributed by atoms with Crippen molar-refractivity contribution in [1.29, 1.82) is 0 Å². The summed E-state index contributed by atoms with van der Waals surface area (Å²) < 4.78 is 7.87. The maximum atomic E-state index is 11.4. The summed E-state index contributed by atoms with van der Waals surface area (Å²) in [5.74, 6) is -2.99. The zero-order chi connectivity index (χ0) is 15.1. The lowest BCUT2D eigenvalue weighted by Crippen LogP contribution is -2.45. The van der Waals surface area contributed by atoms with Crippen LogP contribution in [-0.4, -0.2) is 63.4 Å². The van der Waals surface area contributed by atoms with Gasteiger partial charge in [0, 0.05) is 0 Å². The van der Waals surface area contributed by atoms with E-state index in [9.17, 15) is 19.5 Å². The highest BCUT2D eigenvalue weighted by atomic mass is 16.8. The van der Waals surface area contributed by atoms with Gasteiger partial charge in [-0.2, -0.15) is 0 Å². The van der Waals surface area contributed by atoms with Gasteiger partial charge in [0.25, 0.3) is 0 Å². The molecule has 0 heterocycles. The van der Waals surface area contributed by atoms with E-state index in [1.807, 2.05) is 0 Å². The minimum absolute atomic E-state index is 0.164. The third-order valence-electron chi connectivity index (χ3n) is 2.11. The predicted octanol–water partition coefficient (Wildman–Crippen LogP) is -1.93. The van der Waals surface area contributed by atoms with Gasteiger partial charge >= 0.3 is 18.1 Å². The van der Waals surface area contributed by atoms with Crippen LogP contribution in [0.4, 0.5) is 4.79 Å². The molecule has 0 amide bonds. The third kappa shape index (κ3) is 5.30. The number of rotatable bonds is 6. The fraction of sp³-hybridized carbons (Fsp3) is 0.700. The van der Waals surface area contributed by atoms with Crippen LogP contribution in [-0.2, 0) is 19.1 Å². The van der Waals surface area contributed by atoms with E-state index in [0.717, 1.165) is 0 Å². The molecule has 0 aliphatic heterocycles. The molecule has 9 heteroatoms. The van der Waals surface area contributed by atoms with E-state index in [2.05, 4.69) is 9.47 Å². The van der Waals surface area contributed by atoms with Crippen molar-refractivity contribution in [3.63, 3.8) is 0 Å². The summed E-state index contributed by atoms with van der Waals surface area (Å²) in [5.41, 5.74) is -2.27. The van der Waals surface area contributed by atoms with E-state index in [0.29, 0.717) is 6.42 Å². The molecule has 2 atom stereocenters. The van der Waals surface area contributed by atoms with E-state index in [4.69, 9.17) is 15.3 Å². The van der Waals surface area contributed by atoms with Gasteiger partial charge in [-0.1, -0.05) is 13.3 Å². The zero-order valence-electron chi connectivity index (χ0n) is 10.2. The highest BCUT2D eigenvalue weighted by Crippen LogP contribution is 2.14. The van der Waals surface area contributed by atoms with Crippen LogP contribution in [0, 0.1) is 0 Å². The predicted molar refractivity (Wildman–Crippen MR) is 57.6 cm³/mol. The molecule has 0 aliphatic carbocycles. The summed E-state index contributed by atoms with van der Waals surface area (Å²) in [4.78, 5) is 33.2. The number of ether oxygens (including phenoxy) is 2. The van der Waals surface area contributed by atoms with E-state index in [-0.39, 0.29) is 6.42 Å². The highest BCUT2D eigenvalue weighted by molar-refractivity contribution is 5.92. The second kappa shape index (κ2) is 7.79. The molecule has 9 nitrogen and oxygen atoms in total. The zero-order valence-corrected chi connectivity index (χ0v) is 10.2. The molecule has 0 aromatic rings. The molecule has 0 aromatic carbocycles. The number of esters is 2. The molecular formula is C10H16O9. The van der Waals surface area contributed by atoms with Crippen LogP contribution in [0.25, 0.3) is 0 Å². The highest BCUT2D eigenvalue weighted by Gasteiger charge is 2.38. The van der Waals surface area contributed by atoms with Crippen LogP contribution in [0.5, 0.6) is 0 Å². The molecule has 0 radical (unpaired) electrons. The summed E-state index contributed by atoms with van der Waals surface area (Å²) in [6.07, 6.45) is -3.56. The second-order valence-corrected chi connectivity index (χ2v) is 3.70. The van der Waals surface area contributed by atoms with Gasteiger partial charge < -0.3 is 29.9 Å². The Morgan fingerprint density at radius 3 is 2.21 bits per heavy atom. The lowest BCUT2D eigenvalue weighted by molar-refractivity contribution is -0.169. The fourth-order valence-electron chi connectivity index (χ4n) is 1.08. The fourth-order valence-corrected chi connectivity index (χ4v) is 1.08. The molecule has 0 bridgehead atoms.